The summed E-state index contributed by atoms with van der Waals surface area (Å²) in [5.74, 6) is -1.21. The van der Waals surface area contributed by atoms with Gasteiger partial charge in [-0.15, -0.1) is 0 Å². The number of nitrogens with zero attached hydrogens (tertiary/aromatic N) is 3. The first-order valence-electron chi connectivity index (χ1n) is 9.78. The number of piperazine rings is 1. The van der Waals surface area contributed by atoms with E-state index in [-0.39, 0.29) is 18.1 Å². The predicted molar refractivity (Wildman–Crippen MR) is 110 cm³/mol. The normalized spacial score (nSPS) is 14.6. The molecule has 2 aromatic rings. The van der Waals surface area contributed by atoms with Crippen LogP contribution in [0.3, 0.4) is 0 Å². The summed E-state index contributed by atoms with van der Waals surface area (Å²) in [6.45, 7) is 3.56. The fraction of sp³-hybridized carbons (Fsp3) is 0.364. The molecular weight excluding hydrogens is 371 g/mol. The lowest BCUT2D eigenvalue weighted by Crippen LogP contribution is -2.52. The van der Waals surface area contributed by atoms with Gasteiger partial charge in [-0.25, -0.2) is 9.18 Å². The van der Waals surface area contributed by atoms with Crippen LogP contribution in [0.15, 0.2) is 48.5 Å². The number of urea groups is 1. The zero-order valence-electron chi connectivity index (χ0n) is 16.7. The van der Waals surface area contributed by atoms with Crippen LogP contribution >= 0.6 is 0 Å². The molecule has 1 saturated heterocycles. The molecule has 0 saturated carbocycles. The third-order valence-electron chi connectivity index (χ3n) is 5.26. The largest absolute Gasteiger partial charge is 0.366 e. The van der Waals surface area contributed by atoms with Crippen molar-refractivity contribution < 1.29 is 14.0 Å². The second kappa shape index (κ2) is 9.52. The molecule has 0 bridgehead atoms. The number of primary amides is 1. The van der Waals surface area contributed by atoms with Gasteiger partial charge in [0.05, 0.1) is 6.54 Å². The highest BCUT2D eigenvalue weighted by Gasteiger charge is 2.25. The second-order valence-electron chi connectivity index (χ2n) is 7.40. The highest BCUT2D eigenvalue weighted by molar-refractivity contribution is 5.92. The third kappa shape index (κ3) is 5.54. The topological polar surface area (TPSA) is 69.9 Å². The van der Waals surface area contributed by atoms with Crippen molar-refractivity contribution >= 4 is 11.9 Å². The molecule has 2 aromatic carbocycles. The van der Waals surface area contributed by atoms with Gasteiger partial charge in [-0.2, -0.15) is 0 Å². The van der Waals surface area contributed by atoms with Crippen molar-refractivity contribution in [3.8, 4) is 0 Å². The SMILES string of the molecule is CN1CCN(C(=O)N(CCc2ccccc2)Cc2ccc(C(N)=O)cc2F)CC1. The molecule has 0 radical (unpaired) electrons. The van der Waals surface area contributed by atoms with Gasteiger partial charge in [0.1, 0.15) is 5.82 Å². The van der Waals surface area contributed by atoms with Crippen molar-refractivity contribution in [3.63, 3.8) is 0 Å². The Morgan fingerprint density at radius 3 is 2.38 bits per heavy atom. The molecule has 1 aliphatic heterocycles. The van der Waals surface area contributed by atoms with Crippen molar-refractivity contribution in [2.24, 2.45) is 5.73 Å². The smallest absolute Gasteiger partial charge is 0.320 e. The minimum Gasteiger partial charge on any atom is -0.366 e. The van der Waals surface area contributed by atoms with Crippen molar-refractivity contribution in [2.45, 2.75) is 13.0 Å². The quantitative estimate of drug-likeness (QED) is 0.812. The molecule has 0 aromatic heterocycles. The van der Waals surface area contributed by atoms with Crippen LogP contribution in [0.2, 0.25) is 0 Å². The number of nitrogens with two attached hydrogens (primary N) is 1. The lowest BCUT2D eigenvalue weighted by Gasteiger charge is -2.36. The van der Waals surface area contributed by atoms with E-state index in [0.717, 1.165) is 24.7 Å². The number of hydrogen-bond acceptors (Lipinski definition) is 3. The van der Waals surface area contributed by atoms with Crippen LogP contribution in [0.5, 0.6) is 0 Å². The zero-order valence-corrected chi connectivity index (χ0v) is 16.7. The van der Waals surface area contributed by atoms with Crippen LogP contribution < -0.4 is 5.73 Å². The van der Waals surface area contributed by atoms with Crippen molar-refractivity contribution in [2.75, 3.05) is 39.8 Å². The fourth-order valence-electron chi connectivity index (χ4n) is 3.38. The number of hydrogen-bond donors (Lipinski definition) is 1. The van der Waals surface area contributed by atoms with E-state index in [9.17, 15) is 14.0 Å². The van der Waals surface area contributed by atoms with Crippen molar-refractivity contribution in [1.82, 2.24) is 14.7 Å². The van der Waals surface area contributed by atoms with Gasteiger partial charge < -0.3 is 20.4 Å². The van der Waals surface area contributed by atoms with Gasteiger partial charge in [-0.3, -0.25) is 4.79 Å². The Morgan fingerprint density at radius 2 is 1.76 bits per heavy atom. The molecule has 2 N–H and O–H groups in total. The van der Waals surface area contributed by atoms with Crippen LogP contribution in [0.1, 0.15) is 21.5 Å². The lowest BCUT2D eigenvalue weighted by atomic mass is 10.1. The second-order valence-corrected chi connectivity index (χ2v) is 7.40. The molecule has 3 amide bonds. The molecule has 0 unspecified atom stereocenters. The maximum Gasteiger partial charge on any atom is 0.320 e. The molecule has 0 spiro atoms. The highest BCUT2D eigenvalue weighted by Crippen LogP contribution is 2.16. The van der Waals surface area contributed by atoms with Gasteiger partial charge in [0.25, 0.3) is 0 Å². The first-order valence-corrected chi connectivity index (χ1v) is 9.78. The zero-order chi connectivity index (χ0) is 20.8. The predicted octanol–water partition coefficient (Wildman–Crippen LogP) is 2.34. The van der Waals surface area contributed by atoms with Crippen LogP contribution in [0, 0.1) is 5.82 Å². The molecule has 1 aliphatic rings. The Balaban J connectivity index is 1.76. The van der Waals surface area contributed by atoms with E-state index in [1.54, 1.807) is 4.90 Å². The van der Waals surface area contributed by atoms with Crippen LogP contribution in [-0.2, 0) is 13.0 Å². The summed E-state index contributed by atoms with van der Waals surface area (Å²) in [5, 5.41) is 0. The van der Waals surface area contributed by atoms with Gasteiger partial charge in [-0.1, -0.05) is 36.4 Å². The van der Waals surface area contributed by atoms with E-state index in [4.69, 9.17) is 5.73 Å². The number of halogens is 1. The minimum atomic E-state index is -0.676. The fourth-order valence-corrected chi connectivity index (χ4v) is 3.38. The lowest BCUT2D eigenvalue weighted by molar-refractivity contribution is 0.0999. The summed E-state index contributed by atoms with van der Waals surface area (Å²) < 4.78 is 14.5. The molecule has 29 heavy (non-hydrogen) atoms. The van der Waals surface area contributed by atoms with Gasteiger partial charge in [-0.05, 0) is 31.2 Å². The highest BCUT2D eigenvalue weighted by atomic mass is 19.1. The summed E-state index contributed by atoms with van der Waals surface area (Å²) in [7, 11) is 2.03. The molecular formula is C22H27FN4O2. The van der Waals surface area contributed by atoms with E-state index in [2.05, 4.69) is 4.90 Å². The van der Waals surface area contributed by atoms with E-state index >= 15 is 0 Å². The summed E-state index contributed by atoms with van der Waals surface area (Å²) >= 11 is 0. The monoisotopic (exact) mass is 398 g/mol. The number of likely N-dealkylation sites (N-methyl/N-ethyl adjacent to an activating group) is 1. The van der Waals surface area contributed by atoms with Gasteiger partial charge in [0.2, 0.25) is 5.91 Å². The summed E-state index contributed by atoms with van der Waals surface area (Å²) in [6, 6.07) is 14.0. The summed E-state index contributed by atoms with van der Waals surface area (Å²) in [4.78, 5) is 30.1. The van der Waals surface area contributed by atoms with Crippen molar-refractivity contribution in [1.29, 1.82) is 0 Å². The van der Waals surface area contributed by atoms with Crippen LogP contribution in [-0.4, -0.2) is 66.4 Å². The molecule has 7 heteroatoms. The number of amides is 3. The third-order valence-corrected chi connectivity index (χ3v) is 5.26. The van der Waals surface area contributed by atoms with Gasteiger partial charge in [0.15, 0.2) is 0 Å². The maximum absolute atomic E-state index is 14.5. The van der Waals surface area contributed by atoms with Gasteiger partial charge in [0, 0.05) is 43.9 Å². The average Bonchev–Trinajstić information content (AvgIpc) is 2.72. The molecule has 1 fully saturated rings. The number of carbonyl (C=O) groups is 2. The van der Waals surface area contributed by atoms with Crippen molar-refractivity contribution in [3.05, 3.63) is 71.0 Å². The summed E-state index contributed by atoms with van der Waals surface area (Å²) in [6.07, 6.45) is 0.682. The Hall–Kier alpha value is -2.93. The number of rotatable bonds is 6. The van der Waals surface area contributed by atoms with Gasteiger partial charge >= 0.3 is 6.03 Å². The molecule has 154 valence electrons. The molecule has 6 nitrogen and oxygen atoms in total. The van der Waals surface area contributed by atoms with Crippen LogP contribution in [0.4, 0.5) is 9.18 Å². The standard InChI is InChI=1S/C22H27FN4O2/c1-25-11-13-26(14-12-25)22(29)27(10-9-17-5-3-2-4-6-17)16-19-8-7-18(21(24)28)15-20(19)23/h2-8,15H,9-14,16H2,1H3,(H2,24,28). The molecule has 1 heterocycles. The number of benzene rings is 2. The maximum atomic E-state index is 14.5. The van der Waals surface area contributed by atoms with E-state index < -0.39 is 11.7 Å². The Labute approximate surface area is 170 Å². The first-order chi connectivity index (χ1) is 13.9. The molecule has 0 atom stereocenters. The minimum absolute atomic E-state index is 0.0904. The Morgan fingerprint density at radius 1 is 1.07 bits per heavy atom. The Bertz CT molecular complexity index is 851. The van der Waals surface area contributed by atoms with Crippen LogP contribution in [0.25, 0.3) is 0 Å². The first kappa shape index (κ1) is 20.8. The van der Waals surface area contributed by atoms with E-state index in [1.165, 1.54) is 12.1 Å². The van der Waals surface area contributed by atoms with E-state index in [1.807, 2.05) is 42.3 Å². The summed E-state index contributed by atoms with van der Waals surface area (Å²) in [5.41, 5.74) is 6.83. The molecule has 3 rings (SSSR count). The molecule has 0 aliphatic carbocycles. The van der Waals surface area contributed by atoms with E-state index in [0.29, 0.717) is 31.6 Å². The number of carbonyl (C=O) groups excluding carboxylic acids is 2. The average molecular weight is 398 g/mol. The Kier molecular flexibility index (Phi) is 6.82.